The van der Waals surface area contributed by atoms with Crippen LogP contribution in [0.4, 0.5) is 13.2 Å². The minimum Gasteiger partial charge on any atom is -0.481 e. The lowest BCUT2D eigenvalue weighted by Gasteiger charge is -2.21. The summed E-state index contributed by atoms with van der Waals surface area (Å²) >= 11 is 0. The summed E-state index contributed by atoms with van der Waals surface area (Å²) in [6, 6.07) is 20.7. The first-order valence-corrected chi connectivity index (χ1v) is 19.7. The van der Waals surface area contributed by atoms with Crippen molar-refractivity contribution in [3.8, 4) is 22.4 Å². The van der Waals surface area contributed by atoms with Crippen molar-refractivity contribution in [3.05, 3.63) is 78.0 Å². The van der Waals surface area contributed by atoms with Gasteiger partial charge in [0.15, 0.2) is 6.10 Å². The number of benzene rings is 2. The number of carboxylic acids is 1. The van der Waals surface area contributed by atoms with Gasteiger partial charge in [-0.15, -0.1) is 0 Å². The van der Waals surface area contributed by atoms with Crippen LogP contribution in [0.1, 0.15) is 153 Å². The second-order valence-electron chi connectivity index (χ2n) is 14.2. The van der Waals surface area contributed by atoms with Gasteiger partial charge < -0.3 is 9.84 Å². The van der Waals surface area contributed by atoms with E-state index in [2.05, 4.69) is 49.4 Å². The van der Waals surface area contributed by atoms with Gasteiger partial charge in [-0.2, -0.15) is 13.2 Å². The van der Waals surface area contributed by atoms with Crippen molar-refractivity contribution in [1.29, 1.82) is 0 Å². The van der Waals surface area contributed by atoms with Crippen LogP contribution in [0.2, 0.25) is 0 Å². The average Bonchev–Trinajstić information content (AvgIpc) is 3.12. The molecule has 0 fully saturated rings. The lowest BCUT2D eigenvalue weighted by Crippen LogP contribution is -2.28. The standard InChI is InChI=1S/C44H62F3NO3/c1-3-4-5-6-7-8-9-10-11-12-13-14-15-17-22-36-28-31-42(48-34-36)41-33-39(29-30-40(41)38-23-18-16-19-24-38)37(25-20-27-43(49)50)26-21-32-51-35(2)44(45,46)47/h16,18-19,23-24,28-31,33-35,37H,3-15,17,20-22,25-27,32H2,1-2H3,(H,49,50). The highest BCUT2D eigenvalue weighted by Crippen LogP contribution is 2.37. The van der Waals surface area contributed by atoms with Crippen molar-refractivity contribution >= 4 is 5.97 Å². The van der Waals surface area contributed by atoms with Crippen molar-refractivity contribution in [2.24, 2.45) is 0 Å². The predicted octanol–water partition coefficient (Wildman–Crippen LogP) is 13.5. The highest BCUT2D eigenvalue weighted by molar-refractivity contribution is 5.82. The summed E-state index contributed by atoms with van der Waals surface area (Å²) in [5, 5.41) is 9.25. The number of alkyl halides is 3. The Hall–Kier alpha value is -3.19. The Bertz CT molecular complexity index is 1360. The minimum absolute atomic E-state index is 0.00656. The lowest BCUT2D eigenvalue weighted by molar-refractivity contribution is -0.214. The molecule has 3 aromatic rings. The topological polar surface area (TPSA) is 59.4 Å². The summed E-state index contributed by atoms with van der Waals surface area (Å²) in [7, 11) is 0. The van der Waals surface area contributed by atoms with Crippen LogP contribution < -0.4 is 0 Å². The van der Waals surface area contributed by atoms with Gasteiger partial charge in [0.05, 0.1) is 5.69 Å². The normalized spacial score (nSPS) is 13.0. The fourth-order valence-electron chi connectivity index (χ4n) is 6.81. The molecule has 51 heavy (non-hydrogen) atoms. The number of rotatable bonds is 27. The van der Waals surface area contributed by atoms with Gasteiger partial charge in [0, 0.05) is 24.8 Å². The maximum Gasteiger partial charge on any atom is 0.414 e. The van der Waals surface area contributed by atoms with Crippen LogP contribution in [-0.2, 0) is 16.0 Å². The van der Waals surface area contributed by atoms with E-state index >= 15 is 0 Å². The number of unbranched alkanes of at least 4 members (excludes halogenated alkanes) is 13. The number of aliphatic carboxylic acids is 1. The Kier molecular flexibility index (Phi) is 20.0. The van der Waals surface area contributed by atoms with E-state index in [0.29, 0.717) is 25.7 Å². The third-order valence-corrected chi connectivity index (χ3v) is 9.99. The maximum atomic E-state index is 13.0. The van der Waals surface area contributed by atoms with Crippen LogP contribution in [0.5, 0.6) is 0 Å². The van der Waals surface area contributed by atoms with Gasteiger partial charge in [0.25, 0.3) is 0 Å². The summed E-state index contributed by atoms with van der Waals surface area (Å²) in [4.78, 5) is 16.2. The van der Waals surface area contributed by atoms with E-state index in [-0.39, 0.29) is 18.9 Å². The van der Waals surface area contributed by atoms with Crippen LogP contribution in [0.25, 0.3) is 22.4 Å². The van der Waals surface area contributed by atoms with Crippen molar-refractivity contribution in [2.75, 3.05) is 6.61 Å². The molecule has 0 radical (unpaired) electrons. The van der Waals surface area contributed by atoms with E-state index in [0.717, 1.165) is 47.7 Å². The van der Waals surface area contributed by atoms with Crippen LogP contribution in [0, 0.1) is 0 Å². The van der Waals surface area contributed by atoms with Crippen molar-refractivity contribution in [1.82, 2.24) is 4.98 Å². The van der Waals surface area contributed by atoms with Crippen LogP contribution >= 0.6 is 0 Å². The summed E-state index contributed by atoms with van der Waals surface area (Å²) in [6.07, 6.45) is 17.8. The molecule has 0 spiro atoms. The number of aromatic nitrogens is 1. The molecule has 0 amide bonds. The van der Waals surface area contributed by atoms with Gasteiger partial charge in [-0.05, 0) is 85.8 Å². The molecule has 282 valence electrons. The summed E-state index contributed by atoms with van der Waals surface area (Å²) in [6.45, 7) is 3.29. The van der Waals surface area contributed by atoms with Crippen molar-refractivity contribution in [2.45, 2.75) is 160 Å². The number of pyridine rings is 1. The Morgan fingerprint density at radius 2 is 1.35 bits per heavy atom. The number of hydrogen-bond donors (Lipinski definition) is 1. The Balaban J connectivity index is 1.59. The zero-order valence-electron chi connectivity index (χ0n) is 31.2. The lowest BCUT2D eigenvalue weighted by atomic mass is 9.86. The third kappa shape index (κ3) is 16.8. The number of carboxylic acid groups (broad SMARTS) is 1. The molecule has 0 saturated heterocycles. The molecule has 0 aliphatic carbocycles. The molecule has 7 heteroatoms. The summed E-state index contributed by atoms with van der Waals surface area (Å²) < 4.78 is 43.9. The molecule has 0 bridgehead atoms. The maximum absolute atomic E-state index is 13.0. The summed E-state index contributed by atoms with van der Waals surface area (Å²) in [5.74, 6) is -0.869. The molecule has 0 saturated carbocycles. The van der Waals surface area contributed by atoms with E-state index in [1.165, 1.54) is 89.0 Å². The number of aryl methyl sites for hydroxylation is 1. The average molecular weight is 710 g/mol. The molecule has 0 aliphatic rings. The molecule has 2 atom stereocenters. The molecule has 1 aromatic heterocycles. The van der Waals surface area contributed by atoms with Crippen LogP contribution in [0.15, 0.2) is 66.9 Å². The van der Waals surface area contributed by atoms with E-state index in [4.69, 9.17) is 9.72 Å². The van der Waals surface area contributed by atoms with Gasteiger partial charge >= 0.3 is 12.1 Å². The first-order valence-electron chi connectivity index (χ1n) is 19.7. The number of halogens is 3. The van der Waals surface area contributed by atoms with Crippen molar-refractivity contribution < 1.29 is 27.8 Å². The number of hydrogen-bond acceptors (Lipinski definition) is 3. The monoisotopic (exact) mass is 709 g/mol. The molecule has 0 aliphatic heterocycles. The Morgan fingerprint density at radius 3 is 1.92 bits per heavy atom. The van der Waals surface area contributed by atoms with Gasteiger partial charge in [0.1, 0.15) is 0 Å². The highest BCUT2D eigenvalue weighted by atomic mass is 19.4. The zero-order valence-corrected chi connectivity index (χ0v) is 31.2. The highest BCUT2D eigenvalue weighted by Gasteiger charge is 2.36. The molecule has 1 N–H and O–H groups in total. The first kappa shape index (κ1) is 42.2. The zero-order chi connectivity index (χ0) is 36.7. The fraction of sp³-hybridized carbons (Fsp3) is 0.591. The minimum atomic E-state index is -4.39. The largest absolute Gasteiger partial charge is 0.481 e. The Morgan fingerprint density at radius 1 is 0.745 bits per heavy atom. The van der Waals surface area contributed by atoms with Crippen molar-refractivity contribution in [3.63, 3.8) is 0 Å². The second-order valence-corrected chi connectivity index (χ2v) is 14.2. The summed E-state index contributed by atoms with van der Waals surface area (Å²) in [5.41, 5.74) is 6.25. The van der Waals surface area contributed by atoms with Crippen LogP contribution in [0.3, 0.4) is 0 Å². The molecular formula is C44H62F3NO3. The third-order valence-electron chi connectivity index (χ3n) is 9.99. The van der Waals surface area contributed by atoms with E-state index in [1.807, 2.05) is 24.4 Å². The molecule has 3 rings (SSSR count). The molecule has 1 heterocycles. The fourth-order valence-corrected chi connectivity index (χ4v) is 6.81. The van der Waals surface area contributed by atoms with E-state index in [1.54, 1.807) is 0 Å². The first-order chi connectivity index (χ1) is 24.7. The SMILES string of the molecule is CCCCCCCCCCCCCCCCc1ccc(-c2cc(C(CCCOC(C)C(F)(F)F)CCCC(=O)O)ccc2-c2ccccc2)nc1. The second kappa shape index (κ2) is 24.1. The van der Waals surface area contributed by atoms with E-state index < -0.39 is 18.2 Å². The molecule has 4 nitrogen and oxygen atoms in total. The smallest absolute Gasteiger partial charge is 0.414 e. The van der Waals surface area contributed by atoms with Gasteiger partial charge in [-0.1, -0.05) is 139 Å². The predicted molar refractivity (Wildman–Crippen MR) is 204 cm³/mol. The molecule has 2 aromatic carbocycles. The molecular weight excluding hydrogens is 647 g/mol. The van der Waals surface area contributed by atoms with Crippen LogP contribution in [-0.4, -0.2) is 34.9 Å². The quantitative estimate of drug-likeness (QED) is 0.0801. The number of nitrogens with zero attached hydrogens (tertiary/aromatic N) is 1. The van der Waals surface area contributed by atoms with E-state index in [9.17, 15) is 23.1 Å². The Labute approximate surface area is 305 Å². The van der Waals surface area contributed by atoms with Gasteiger partial charge in [-0.25, -0.2) is 0 Å². The number of ether oxygens (including phenoxy) is 1. The molecule has 2 unspecified atom stereocenters. The number of carbonyl (C=O) groups is 1. The van der Waals surface area contributed by atoms with Gasteiger partial charge in [0.2, 0.25) is 0 Å². The van der Waals surface area contributed by atoms with Gasteiger partial charge in [-0.3, -0.25) is 9.78 Å².